The summed E-state index contributed by atoms with van der Waals surface area (Å²) in [5.41, 5.74) is 0. The van der Waals surface area contributed by atoms with Gasteiger partial charge < -0.3 is 5.11 Å². The maximum Gasteiger partial charge on any atom is 0.305 e. The van der Waals surface area contributed by atoms with E-state index in [0.717, 1.165) is 0 Å². The molecule has 1 unspecified atom stereocenters. The zero-order chi connectivity index (χ0) is 9.57. The number of rotatable bonds is 1. The molecule has 0 spiro atoms. The van der Waals surface area contributed by atoms with Crippen molar-refractivity contribution in [3.63, 3.8) is 0 Å². The summed E-state index contributed by atoms with van der Waals surface area (Å²) >= 11 is 0. The molecular formula is C4H5NNa2O6S. The topological polar surface area (TPSA) is 121 Å². The van der Waals surface area contributed by atoms with Crippen LogP contribution in [0.25, 0.3) is 0 Å². The van der Waals surface area contributed by atoms with Gasteiger partial charge in [0, 0.05) is 59.1 Å². The third-order valence-electron chi connectivity index (χ3n) is 1.43. The van der Waals surface area contributed by atoms with Crippen LogP contribution in [0.3, 0.4) is 0 Å². The molecule has 2 amide bonds. The predicted octanol–water partition coefficient (Wildman–Crippen LogP) is -3.15. The van der Waals surface area contributed by atoms with E-state index in [0.29, 0.717) is 0 Å². The number of hydrogen-bond acceptors (Lipinski definition) is 5. The molecule has 1 saturated heterocycles. The van der Waals surface area contributed by atoms with Gasteiger partial charge in [0.25, 0.3) is 10.8 Å². The van der Waals surface area contributed by atoms with Gasteiger partial charge in [-0.3, -0.25) is 19.5 Å². The van der Waals surface area contributed by atoms with Crippen LogP contribution in [-0.4, -0.2) is 93.9 Å². The Morgan fingerprint density at radius 1 is 1.29 bits per heavy atom. The van der Waals surface area contributed by atoms with Crippen LogP contribution < -0.4 is 5.32 Å². The molecule has 0 bridgehead atoms. The molecule has 7 nitrogen and oxygen atoms in total. The van der Waals surface area contributed by atoms with E-state index >= 15 is 0 Å². The molecule has 14 heavy (non-hydrogen) atoms. The Labute approximate surface area is 124 Å². The molecule has 0 aromatic rings. The number of nitrogens with one attached hydrogen (secondary N) is 1. The van der Waals surface area contributed by atoms with E-state index in [1.807, 2.05) is 0 Å². The maximum atomic E-state index is 10.6. The summed E-state index contributed by atoms with van der Waals surface area (Å²) in [5.74, 6) is -2.37. The number of imide groups is 1. The second kappa shape index (κ2) is 5.37. The Balaban J connectivity index is 0. The summed E-state index contributed by atoms with van der Waals surface area (Å²) in [6, 6.07) is 0. The Kier molecular flexibility index (Phi) is 6.68. The fourth-order valence-corrected chi connectivity index (χ4v) is 1.37. The van der Waals surface area contributed by atoms with E-state index in [1.54, 1.807) is 5.32 Å². The van der Waals surface area contributed by atoms with Crippen molar-refractivity contribution in [2.24, 2.45) is 0 Å². The molecule has 1 heterocycles. The van der Waals surface area contributed by atoms with Crippen LogP contribution in [0.4, 0.5) is 0 Å². The van der Waals surface area contributed by atoms with Crippen LogP contribution in [0.5, 0.6) is 0 Å². The quantitative estimate of drug-likeness (QED) is 0.253. The minimum Gasteiger partial charge on any atom is -0.365 e. The average Bonchev–Trinajstić information content (AvgIpc) is 2.06. The summed E-state index contributed by atoms with van der Waals surface area (Å²) < 4.78 is 29.2. The Morgan fingerprint density at radius 2 is 1.71 bits per heavy atom. The van der Waals surface area contributed by atoms with Crippen LogP contribution in [0, 0.1) is 0 Å². The Bertz CT molecular complexity index is 353. The van der Waals surface area contributed by atoms with Crippen molar-refractivity contribution in [3.05, 3.63) is 0 Å². The Morgan fingerprint density at radius 3 is 1.86 bits per heavy atom. The van der Waals surface area contributed by atoms with Crippen molar-refractivity contribution in [1.29, 1.82) is 0 Å². The summed E-state index contributed by atoms with van der Waals surface area (Å²) in [6.07, 6.45) is -0.968. The van der Waals surface area contributed by atoms with Gasteiger partial charge in [-0.1, -0.05) is 0 Å². The van der Waals surface area contributed by atoms with Crippen molar-refractivity contribution in [1.82, 2.24) is 5.32 Å². The van der Waals surface area contributed by atoms with Crippen molar-refractivity contribution < 1.29 is 27.7 Å². The minimum atomic E-state index is -4.96. The van der Waals surface area contributed by atoms with Crippen molar-refractivity contribution in [2.45, 2.75) is 11.4 Å². The van der Waals surface area contributed by atoms with Crippen molar-refractivity contribution >= 4 is 81.0 Å². The van der Waals surface area contributed by atoms with E-state index in [4.69, 9.17) is 9.66 Å². The van der Waals surface area contributed by atoms with Gasteiger partial charge in [0.1, 0.15) is 0 Å². The first-order valence-corrected chi connectivity index (χ1v) is 4.25. The van der Waals surface area contributed by atoms with E-state index in [-0.39, 0.29) is 59.1 Å². The Hall–Kier alpha value is 1.01. The fourth-order valence-electron chi connectivity index (χ4n) is 0.775. The van der Waals surface area contributed by atoms with Gasteiger partial charge in [-0.25, -0.2) is 0 Å². The number of hydrogen-bond donors (Lipinski definition) is 3. The molecule has 1 rings (SSSR count). The summed E-state index contributed by atoms with van der Waals surface area (Å²) in [6.45, 7) is 0. The summed E-state index contributed by atoms with van der Waals surface area (Å²) in [5, 5.41) is 10.5. The van der Waals surface area contributed by atoms with Crippen LogP contribution in [0.2, 0.25) is 0 Å². The largest absolute Gasteiger partial charge is 0.365 e. The molecule has 1 aliphatic rings. The molecule has 0 saturated carbocycles. The number of carbonyl (C=O) groups excluding carboxylic acids is 2. The van der Waals surface area contributed by atoms with Gasteiger partial charge in [-0.15, -0.1) is 0 Å². The zero-order valence-corrected chi connectivity index (χ0v) is 12.5. The summed E-state index contributed by atoms with van der Waals surface area (Å²) in [4.78, 5) is 18.1. The standard InChI is InChI=1S/C4H5NO6S.2Na/c6-2-1-4(8,3(7)5-2)12(9,10)11;;/h8H,1H2,(H,5,6,7)(H,9,10,11);;. The molecule has 2 radical (unpaired) electrons. The van der Waals surface area contributed by atoms with Gasteiger partial charge in [0.15, 0.2) is 0 Å². The van der Waals surface area contributed by atoms with Crippen LogP contribution in [0.15, 0.2) is 0 Å². The molecule has 1 aliphatic heterocycles. The molecule has 0 aromatic heterocycles. The fraction of sp³-hybridized carbons (Fsp3) is 0.500. The molecule has 10 heteroatoms. The molecule has 0 aromatic carbocycles. The molecule has 70 valence electrons. The SMILES string of the molecule is O=C1CC(O)(S(=O)(=O)O)C(=O)N1.[Na].[Na]. The number of amides is 2. The second-order valence-electron chi connectivity index (χ2n) is 2.31. The van der Waals surface area contributed by atoms with E-state index in [9.17, 15) is 18.0 Å². The minimum absolute atomic E-state index is 0. The van der Waals surface area contributed by atoms with Gasteiger partial charge in [-0.2, -0.15) is 8.42 Å². The van der Waals surface area contributed by atoms with E-state index in [2.05, 4.69) is 0 Å². The molecule has 3 N–H and O–H groups in total. The van der Waals surface area contributed by atoms with E-state index in [1.165, 1.54) is 0 Å². The smallest absolute Gasteiger partial charge is 0.305 e. The van der Waals surface area contributed by atoms with Gasteiger partial charge >= 0.3 is 10.1 Å². The van der Waals surface area contributed by atoms with E-state index < -0.39 is 33.3 Å². The predicted molar refractivity (Wildman–Crippen MR) is 45.8 cm³/mol. The summed E-state index contributed by atoms with van der Waals surface area (Å²) in [7, 11) is -4.96. The van der Waals surface area contributed by atoms with Crippen LogP contribution >= 0.6 is 0 Å². The third-order valence-corrected chi connectivity index (χ3v) is 2.62. The first-order valence-electron chi connectivity index (χ1n) is 2.81. The van der Waals surface area contributed by atoms with Crippen LogP contribution in [-0.2, 0) is 19.7 Å². The third kappa shape index (κ3) is 3.00. The number of carbonyl (C=O) groups is 2. The van der Waals surface area contributed by atoms with Crippen molar-refractivity contribution in [2.75, 3.05) is 0 Å². The van der Waals surface area contributed by atoms with Crippen molar-refractivity contribution in [3.8, 4) is 0 Å². The molecule has 1 atom stereocenters. The van der Waals surface area contributed by atoms with Gasteiger partial charge in [0.05, 0.1) is 6.42 Å². The number of aliphatic hydroxyl groups is 1. The molecule has 1 fully saturated rings. The maximum absolute atomic E-state index is 10.6. The average molecular weight is 241 g/mol. The zero-order valence-electron chi connectivity index (χ0n) is 7.64. The normalized spacial score (nSPS) is 26.1. The monoisotopic (exact) mass is 241 g/mol. The van der Waals surface area contributed by atoms with Crippen LogP contribution in [0.1, 0.15) is 6.42 Å². The van der Waals surface area contributed by atoms with Gasteiger partial charge in [-0.05, 0) is 0 Å². The first-order chi connectivity index (χ1) is 5.27. The van der Waals surface area contributed by atoms with Gasteiger partial charge in [0.2, 0.25) is 5.91 Å². The first kappa shape index (κ1) is 17.4. The molecular weight excluding hydrogens is 236 g/mol. The second-order valence-corrected chi connectivity index (χ2v) is 3.94. The molecule has 0 aliphatic carbocycles.